The van der Waals surface area contributed by atoms with E-state index in [2.05, 4.69) is 21.8 Å². The van der Waals surface area contributed by atoms with Gasteiger partial charge in [0, 0.05) is 25.0 Å². The first-order valence-corrected chi connectivity index (χ1v) is 9.02. The Bertz CT molecular complexity index is 1010. The minimum Gasteiger partial charge on any atom is -0.371 e. The van der Waals surface area contributed by atoms with Crippen molar-refractivity contribution < 1.29 is 9.53 Å². The molecule has 2 N–H and O–H groups in total. The van der Waals surface area contributed by atoms with E-state index < -0.39 is 0 Å². The predicted octanol–water partition coefficient (Wildman–Crippen LogP) is 2.66. The molecule has 7 nitrogen and oxygen atoms in total. The largest absolute Gasteiger partial charge is 0.371 e. The summed E-state index contributed by atoms with van der Waals surface area (Å²) in [5.74, 6) is -0.244. The van der Waals surface area contributed by atoms with Crippen molar-refractivity contribution in [2.45, 2.75) is 6.10 Å². The SMILES string of the molecule is N#Cc1cccc(-n2cc(C(=O)Nc3ccc(C4CNCCO4)cc3)cn2)c1. The van der Waals surface area contributed by atoms with Gasteiger partial charge in [-0.05, 0) is 35.9 Å². The quantitative estimate of drug-likeness (QED) is 0.734. The van der Waals surface area contributed by atoms with Gasteiger partial charge >= 0.3 is 0 Å². The number of aromatic nitrogens is 2. The Morgan fingerprint density at radius 1 is 1.29 bits per heavy atom. The van der Waals surface area contributed by atoms with Gasteiger partial charge in [-0.1, -0.05) is 18.2 Å². The Kier molecular flexibility index (Phi) is 5.15. The van der Waals surface area contributed by atoms with Crippen molar-refractivity contribution in [3.63, 3.8) is 0 Å². The van der Waals surface area contributed by atoms with Gasteiger partial charge in [0.2, 0.25) is 0 Å². The fourth-order valence-corrected chi connectivity index (χ4v) is 3.06. The van der Waals surface area contributed by atoms with E-state index in [0.29, 0.717) is 23.4 Å². The topological polar surface area (TPSA) is 92.0 Å². The summed E-state index contributed by atoms with van der Waals surface area (Å²) in [6.45, 7) is 2.36. The minimum absolute atomic E-state index is 0.0425. The number of ether oxygens (including phenoxy) is 1. The number of carbonyl (C=O) groups is 1. The average molecular weight is 373 g/mol. The molecule has 0 bridgehead atoms. The molecule has 1 atom stereocenters. The highest BCUT2D eigenvalue weighted by Gasteiger charge is 2.16. The standard InChI is InChI=1S/C21H19N5O2/c22-11-15-2-1-3-19(10-15)26-14-17(12-24-26)21(27)25-18-6-4-16(5-7-18)20-13-23-8-9-28-20/h1-7,10,12,14,20,23H,8-9,13H2,(H,25,27). The van der Waals surface area contributed by atoms with E-state index in [9.17, 15) is 4.79 Å². The summed E-state index contributed by atoms with van der Waals surface area (Å²) in [4.78, 5) is 12.5. The highest BCUT2D eigenvalue weighted by Crippen LogP contribution is 2.21. The average Bonchev–Trinajstić information content (AvgIpc) is 3.25. The maximum absolute atomic E-state index is 12.5. The Balaban J connectivity index is 1.44. The number of nitrogens with one attached hydrogen (secondary N) is 2. The van der Waals surface area contributed by atoms with E-state index in [0.717, 1.165) is 24.3 Å². The van der Waals surface area contributed by atoms with Crippen LogP contribution in [0.15, 0.2) is 60.9 Å². The molecule has 28 heavy (non-hydrogen) atoms. The molecule has 3 aromatic rings. The van der Waals surface area contributed by atoms with Crippen molar-refractivity contribution in [3.05, 3.63) is 77.6 Å². The Labute approximate surface area is 162 Å². The molecule has 1 unspecified atom stereocenters. The molecular formula is C21H19N5O2. The van der Waals surface area contributed by atoms with Gasteiger partial charge in [0.1, 0.15) is 0 Å². The fourth-order valence-electron chi connectivity index (χ4n) is 3.06. The van der Waals surface area contributed by atoms with E-state index in [1.807, 2.05) is 30.3 Å². The summed E-state index contributed by atoms with van der Waals surface area (Å²) in [7, 11) is 0. The molecular weight excluding hydrogens is 354 g/mol. The lowest BCUT2D eigenvalue weighted by molar-refractivity contribution is 0.0277. The third-order valence-electron chi connectivity index (χ3n) is 4.55. The molecule has 1 aliphatic rings. The van der Waals surface area contributed by atoms with Gasteiger partial charge in [0.15, 0.2) is 0 Å². The van der Waals surface area contributed by atoms with Crippen LogP contribution in [-0.4, -0.2) is 35.4 Å². The van der Waals surface area contributed by atoms with Gasteiger partial charge in [-0.25, -0.2) is 4.68 Å². The lowest BCUT2D eigenvalue weighted by Gasteiger charge is -2.24. The summed E-state index contributed by atoms with van der Waals surface area (Å²) in [5, 5.41) is 19.4. The van der Waals surface area contributed by atoms with Crippen molar-refractivity contribution in [3.8, 4) is 11.8 Å². The fraction of sp³-hybridized carbons (Fsp3) is 0.190. The van der Waals surface area contributed by atoms with Crippen LogP contribution in [0.2, 0.25) is 0 Å². The van der Waals surface area contributed by atoms with E-state index in [4.69, 9.17) is 10.00 Å². The second-order valence-electron chi connectivity index (χ2n) is 6.48. The molecule has 1 saturated heterocycles. The Morgan fingerprint density at radius 3 is 2.89 bits per heavy atom. The number of nitriles is 1. The third-order valence-corrected chi connectivity index (χ3v) is 4.55. The zero-order valence-electron chi connectivity index (χ0n) is 15.1. The number of nitrogens with zero attached hydrogens (tertiary/aromatic N) is 3. The number of benzene rings is 2. The van der Waals surface area contributed by atoms with Crippen LogP contribution in [0.3, 0.4) is 0 Å². The van der Waals surface area contributed by atoms with E-state index in [1.54, 1.807) is 29.1 Å². The van der Waals surface area contributed by atoms with Crippen molar-refractivity contribution in [2.75, 3.05) is 25.0 Å². The Hall–Kier alpha value is -3.47. The molecule has 0 spiro atoms. The molecule has 0 radical (unpaired) electrons. The third kappa shape index (κ3) is 3.93. The molecule has 0 saturated carbocycles. The number of morpholine rings is 1. The smallest absolute Gasteiger partial charge is 0.258 e. The van der Waals surface area contributed by atoms with Crippen LogP contribution in [-0.2, 0) is 4.74 Å². The van der Waals surface area contributed by atoms with Gasteiger partial charge in [-0.2, -0.15) is 10.4 Å². The summed E-state index contributed by atoms with van der Waals surface area (Å²) in [6.07, 6.45) is 3.19. The molecule has 1 fully saturated rings. The van der Waals surface area contributed by atoms with Crippen LogP contribution < -0.4 is 10.6 Å². The highest BCUT2D eigenvalue weighted by molar-refractivity contribution is 6.04. The first-order valence-electron chi connectivity index (χ1n) is 9.02. The number of amides is 1. The van der Waals surface area contributed by atoms with Gasteiger partial charge in [-0.3, -0.25) is 4.79 Å². The maximum Gasteiger partial charge on any atom is 0.258 e. The van der Waals surface area contributed by atoms with Gasteiger partial charge in [0.25, 0.3) is 5.91 Å². The van der Waals surface area contributed by atoms with Crippen molar-refractivity contribution in [2.24, 2.45) is 0 Å². The van der Waals surface area contributed by atoms with E-state index >= 15 is 0 Å². The molecule has 7 heteroatoms. The van der Waals surface area contributed by atoms with Gasteiger partial charge in [-0.15, -0.1) is 0 Å². The normalized spacial score (nSPS) is 16.3. The van der Waals surface area contributed by atoms with E-state index in [-0.39, 0.29) is 12.0 Å². The molecule has 1 aliphatic heterocycles. The first kappa shape index (κ1) is 17.9. The molecule has 2 heterocycles. The molecule has 1 amide bonds. The lowest BCUT2D eigenvalue weighted by atomic mass is 10.1. The summed E-state index contributed by atoms with van der Waals surface area (Å²) in [5.41, 5.74) is 3.48. The monoisotopic (exact) mass is 373 g/mol. The molecule has 2 aromatic carbocycles. The summed E-state index contributed by atoms with van der Waals surface area (Å²) < 4.78 is 7.31. The number of carbonyl (C=O) groups excluding carboxylic acids is 1. The second-order valence-corrected chi connectivity index (χ2v) is 6.48. The maximum atomic E-state index is 12.5. The predicted molar refractivity (Wildman–Crippen MR) is 104 cm³/mol. The van der Waals surface area contributed by atoms with Crippen LogP contribution in [0.25, 0.3) is 5.69 Å². The van der Waals surface area contributed by atoms with Crippen molar-refractivity contribution in [1.29, 1.82) is 5.26 Å². The highest BCUT2D eigenvalue weighted by atomic mass is 16.5. The van der Waals surface area contributed by atoms with Crippen LogP contribution in [0.1, 0.15) is 27.6 Å². The molecule has 0 aliphatic carbocycles. The zero-order chi connectivity index (χ0) is 19.3. The number of hydrogen-bond acceptors (Lipinski definition) is 5. The minimum atomic E-state index is -0.244. The van der Waals surface area contributed by atoms with Crippen LogP contribution in [0.5, 0.6) is 0 Å². The van der Waals surface area contributed by atoms with E-state index in [1.165, 1.54) is 6.20 Å². The lowest BCUT2D eigenvalue weighted by Crippen LogP contribution is -2.33. The molecule has 140 valence electrons. The Morgan fingerprint density at radius 2 is 2.14 bits per heavy atom. The zero-order valence-corrected chi connectivity index (χ0v) is 15.1. The van der Waals surface area contributed by atoms with Crippen LogP contribution in [0.4, 0.5) is 5.69 Å². The number of hydrogen-bond donors (Lipinski definition) is 2. The first-order chi connectivity index (χ1) is 13.7. The van der Waals surface area contributed by atoms with Crippen LogP contribution in [0, 0.1) is 11.3 Å². The van der Waals surface area contributed by atoms with Crippen LogP contribution >= 0.6 is 0 Å². The molecule has 4 rings (SSSR count). The van der Waals surface area contributed by atoms with Crippen molar-refractivity contribution >= 4 is 11.6 Å². The van der Waals surface area contributed by atoms with Crippen molar-refractivity contribution in [1.82, 2.24) is 15.1 Å². The number of rotatable bonds is 4. The van der Waals surface area contributed by atoms with Gasteiger partial charge in [0.05, 0.1) is 41.8 Å². The van der Waals surface area contributed by atoms with Gasteiger partial charge < -0.3 is 15.4 Å². The second kappa shape index (κ2) is 8.05. The molecule has 1 aromatic heterocycles. The number of anilines is 1. The summed E-state index contributed by atoms with van der Waals surface area (Å²) in [6, 6.07) is 16.8. The summed E-state index contributed by atoms with van der Waals surface area (Å²) >= 11 is 0.